The van der Waals surface area contributed by atoms with E-state index in [0.717, 1.165) is 31.4 Å². The number of allylic oxidation sites excluding steroid dienone is 2. The highest BCUT2D eigenvalue weighted by atomic mass is 16.5. The molecule has 2 aromatic heterocycles. The standard InChI is InChI=1S/C26H28N4O3/c1-30-15-14-23-25(30)28-24(29-26(23)32)7-3-5-20(31)16-18-4-2-6-21(11-8-18)33-22-12-9-19(17-27)10-13-22/h4,9-10,12-15,21H,2-3,5-8,11,16H2,1H3,(H,28,29,32). The first kappa shape index (κ1) is 22.5. The maximum Gasteiger partial charge on any atom is 0.260 e. The first-order valence-corrected chi connectivity index (χ1v) is 11.4. The van der Waals surface area contributed by atoms with Crippen LogP contribution >= 0.6 is 0 Å². The van der Waals surface area contributed by atoms with Gasteiger partial charge in [0, 0.05) is 32.5 Å². The SMILES string of the molecule is Cn1ccc2c(=O)[nH]c(CCCC(=O)CC3=CCCC(Oc4ccc(C#N)cc4)CC3)nc21. The lowest BCUT2D eigenvalue weighted by Gasteiger charge is -2.17. The molecule has 3 aromatic rings. The van der Waals surface area contributed by atoms with Crippen molar-refractivity contribution >= 4 is 16.8 Å². The van der Waals surface area contributed by atoms with Crippen LogP contribution < -0.4 is 10.3 Å². The van der Waals surface area contributed by atoms with Crippen LogP contribution in [0.2, 0.25) is 0 Å². The minimum absolute atomic E-state index is 0.108. The van der Waals surface area contributed by atoms with Crippen molar-refractivity contribution in [1.29, 1.82) is 5.26 Å². The van der Waals surface area contributed by atoms with Crippen LogP contribution in [-0.4, -0.2) is 26.4 Å². The van der Waals surface area contributed by atoms with Gasteiger partial charge in [-0.25, -0.2) is 4.98 Å². The summed E-state index contributed by atoms with van der Waals surface area (Å²) in [5.41, 5.74) is 2.33. The van der Waals surface area contributed by atoms with Crippen LogP contribution in [0.15, 0.2) is 53.0 Å². The molecule has 0 amide bonds. The van der Waals surface area contributed by atoms with E-state index in [1.165, 1.54) is 5.57 Å². The number of carbonyl (C=O) groups excluding carboxylic acids is 1. The number of aromatic nitrogens is 3. The number of ketones is 1. The monoisotopic (exact) mass is 444 g/mol. The van der Waals surface area contributed by atoms with Gasteiger partial charge in [0.15, 0.2) is 0 Å². The summed E-state index contributed by atoms with van der Waals surface area (Å²) in [6.45, 7) is 0. The fourth-order valence-electron chi connectivity index (χ4n) is 4.25. The van der Waals surface area contributed by atoms with Crippen molar-refractivity contribution in [2.45, 2.75) is 57.5 Å². The molecule has 0 spiro atoms. The Morgan fingerprint density at radius 2 is 2.09 bits per heavy atom. The number of aryl methyl sites for hydroxylation is 2. The molecule has 0 aliphatic heterocycles. The van der Waals surface area contributed by atoms with E-state index in [2.05, 4.69) is 22.1 Å². The predicted molar refractivity (Wildman–Crippen MR) is 126 cm³/mol. The zero-order chi connectivity index (χ0) is 23.2. The van der Waals surface area contributed by atoms with Crippen molar-refractivity contribution in [3.63, 3.8) is 0 Å². The average Bonchev–Trinajstić information content (AvgIpc) is 3.04. The lowest BCUT2D eigenvalue weighted by molar-refractivity contribution is -0.118. The van der Waals surface area contributed by atoms with Gasteiger partial charge in [-0.2, -0.15) is 5.26 Å². The summed E-state index contributed by atoms with van der Waals surface area (Å²) in [4.78, 5) is 32.1. The van der Waals surface area contributed by atoms with Crippen molar-refractivity contribution in [3.05, 3.63) is 69.9 Å². The Morgan fingerprint density at radius 3 is 2.88 bits per heavy atom. The molecule has 7 heteroatoms. The third kappa shape index (κ3) is 5.78. The highest BCUT2D eigenvalue weighted by molar-refractivity contribution is 5.80. The summed E-state index contributed by atoms with van der Waals surface area (Å²) in [7, 11) is 1.86. The van der Waals surface area contributed by atoms with E-state index < -0.39 is 0 Å². The van der Waals surface area contributed by atoms with Gasteiger partial charge in [-0.05, 0) is 62.4 Å². The molecule has 0 bridgehead atoms. The number of hydrogen-bond donors (Lipinski definition) is 1. The zero-order valence-electron chi connectivity index (χ0n) is 18.8. The highest BCUT2D eigenvalue weighted by Gasteiger charge is 2.17. The molecular weight excluding hydrogens is 416 g/mol. The lowest BCUT2D eigenvalue weighted by Crippen LogP contribution is -2.15. The molecule has 1 unspecified atom stereocenters. The average molecular weight is 445 g/mol. The highest BCUT2D eigenvalue weighted by Crippen LogP contribution is 2.25. The summed E-state index contributed by atoms with van der Waals surface area (Å²) < 4.78 is 7.91. The molecule has 2 heterocycles. The van der Waals surface area contributed by atoms with Gasteiger partial charge < -0.3 is 14.3 Å². The van der Waals surface area contributed by atoms with Crippen molar-refractivity contribution in [2.24, 2.45) is 7.05 Å². The zero-order valence-corrected chi connectivity index (χ0v) is 18.8. The first-order chi connectivity index (χ1) is 16.0. The normalized spacial score (nSPS) is 16.1. The lowest BCUT2D eigenvalue weighted by atomic mass is 10.0. The Labute approximate surface area is 192 Å². The van der Waals surface area contributed by atoms with Crippen molar-refractivity contribution in [3.8, 4) is 11.8 Å². The van der Waals surface area contributed by atoms with Crippen LogP contribution in [0, 0.1) is 11.3 Å². The maximum absolute atomic E-state index is 12.5. The second-order valence-corrected chi connectivity index (χ2v) is 8.60. The van der Waals surface area contributed by atoms with E-state index in [9.17, 15) is 9.59 Å². The van der Waals surface area contributed by atoms with Crippen molar-refractivity contribution in [2.75, 3.05) is 0 Å². The molecule has 0 saturated carbocycles. The van der Waals surface area contributed by atoms with E-state index >= 15 is 0 Å². The van der Waals surface area contributed by atoms with Crippen LogP contribution in [0.1, 0.15) is 56.3 Å². The number of nitriles is 1. The van der Waals surface area contributed by atoms with Gasteiger partial charge in [-0.3, -0.25) is 9.59 Å². The number of H-pyrrole nitrogens is 1. The minimum Gasteiger partial charge on any atom is -0.490 e. The number of nitrogens with zero attached hydrogens (tertiary/aromatic N) is 3. The Bertz CT molecular complexity index is 1260. The van der Waals surface area contributed by atoms with Gasteiger partial charge in [0.1, 0.15) is 23.0 Å². The second kappa shape index (κ2) is 10.3. The summed E-state index contributed by atoms with van der Waals surface area (Å²) >= 11 is 0. The number of fused-ring (bicyclic) bond motifs is 1. The molecule has 170 valence electrons. The largest absolute Gasteiger partial charge is 0.490 e. The number of hydrogen-bond acceptors (Lipinski definition) is 5. The van der Waals surface area contributed by atoms with Crippen LogP contribution in [0.3, 0.4) is 0 Å². The summed E-state index contributed by atoms with van der Waals surface area (Å²) in [5.74, 6) is 1.62. The quantitative estimate of drug-likeness (QED) is 0.520. The molecular formula is C26H28N4O3. The van der Waals surface area contributed by atoms with Gasteiger partial charge in [-0.15, -0.1) is 0 Å². The molecule has 1 aromatic carbocycles. The number of ether oxygens (including phenoxy) is 1. The smallest absolute Gasteiger partial charge is 0.260 e. The third-order valence-corrected chi connectivity index (χ3v) is 6.07. The number of Topliss-reactive ketones (excluding diaryl/α,β-unsaturated/α-hetero) is 1. The molecule has 0 fully saturated rings. The van der Waals surface area contributed by atoms with Crippen LogP contribution in [0.4, 0.5) is 0 Å². The molecule has 1 N–H and O–H groups in total. The van der Waals surface area contributed by atoms with Crippen molar-refractivity contribution in [1.82, 2.24) is 14.5 Å². The number of nitrogens with one attached hydrogen (secondary N) is 1. The first-order valence-electron chi connectivity index (χ1n) is 11.4. The molecule has 7 nitrogen and oxygen atoms in total. The fraction of sp³-hybridized carbons (Fsp3) is 0.385. The van der Waals surface area contributed by atoms with Crippen LogP contribution in [0.25, 0.3) is 11.0 Å². The fourth-order valence-corrected chi connectivity index (χ4v) is 4.25. The van der Waals surface area contributed by atoms with E-state index in [-0.39, 0.29) is 17.4 Å². The van der Waals surface area contributed by atoms with E-state index in [1.54, 1.807) is 18.2 Å². The number of rotatable bonds is 8. The minimum atomic E-state index is -0.136. The van der Waals surface area contributed by atoms with E-state index in [0.29, 0.717) is 48.1 Å². The predicted octanol–water partition coefficient (Wildman–Crippen LogP) is 4.36. The number of benzene rings is 1. The Kier molecular flexibility index (Phi) is 7.04. The maximum atomic E-state index is 12.5. The van der Waals surface area contributed by atoms with Gasteiger partial charge in [0.2, 0.25) is 0 Å². The Hall–Kier alpha value is -3.66. The molecule has 0 radical (unpaired) electrons. The Morgan fingerprint density at radius 1 is 1.27 bits per heavy atom. The van der Waals surface area contributed by atoms with Gasteiger partial charge in [0.25, 0.3) is 5.56 Å². The van der Waals surface area contributed by atoms with E-state index in [1.807, 2.05) is 29.9 Å². The molecule has 0 saturated heterocycles. The second-order valence-electron chi connectivity index (χ2n) is 8.60. The van der Waals surface area contributed by atoms with Gasteiger partial charge >= 0.3 is 0 Å². The third-order valence-electron chi connectivity index (χ3n) is 6.07. The summed E-state index contributed by atoms with van der Waals surface area (Å²) in [5, 5.41) is 9.49. The van der Waals surface area contributed by atoms with E-state index in [4.69, 9.17) is 10.00 Å². The topological polar surface area (TPSA) is 101 Å². The molecule has 1 aliphatic rings. The van der Waals surface area contributed by atoms with Crippen LogP contribution in [0.5, 0.6) is 5.75 Å². The Balaban J connectivity index is 1.23. The number of carbonyl (C=O) groups is 1. The molecule has 4 rings (SSSR count). The molecule has 1 atom stereocenters. The molecule has 33 heavy (non-hydrogen) atoms. The van der Waals surface area contributed by atoms with Gasteiger partial charge in [-0.1, -0.05) is 11.6 Å². The van der Waals surface area contributed by atoms with Gasteiger partial charge in [0.05, 0.1) is 23.1 Å². The van der Waals surface area contributed by atoms with Crippen molar-refractivity contribution < 1.29 is 9.53 Å². The van der Waals surface area contributed by atoms with Crippen LogP contribution in [-0.2, 0) is 18.3 Å². The summed E-state index contributed by atoms with van der Waals surface area (Å²) in [6.07, 6.45) is 9.83. The molecule has 1 aliphatic carbocycles. The number of aromatic amines is 1. The summed E-state index contributed by atoms with van der Waals surface area (Å²) in [6, 6.07) is 11.1.